The number of hydrogen-bond acceptors (Lipinski definition) is 3. The summed E-state index contributed by atoms with van der Waals surface area (Å²) in [6.45, 7) is 0.615. The molecular formula is C11H20N2O4. The molecule has 0 aromatic carbocycles. The van der Waals surface area contributed by atoms with Crippen LogP contribution in [-0.2, 0) is 9.53 Å². The van der Waals surface area contributed by atoms with Crippen LogP contribution in [0.1, 0.15) is 32.1 Å². The van der Waals surface area contributed by atoms with Crippen molar-refractivity contribution in [3.63, 3.8) is 0 Å². The van der Waals surface area contributed by atoms with E-state index in [9.17, 15) is 9.59 Å². The first-order valence-electron chi connectivity index (χ1n) is 5.87. The summed E-state index contributed by atoms with van der Waals surface area (Å²) in [6.07, 6.45) is 4.09. The van der Waals surface area contributed by atoms with Crippen molar-refractivity contribution in [2.45, 2.75) is 37.7 Å². The Bertz CT molecular complexity index is 275. The Labute approximate surface area is 101 Å². The molecule has 1 fully saturated rings. The Morgan fingerprint density at radius 2 is 1.94 bits per heavy atom. The average molecular weight is 244 g/mol. The highest BCUT2D eigenvalue weighted by atomic mass is 16.5. The van der Waals surface area contributed by atoms with Gasteiger partial charge in [-0.25, -0.2) is 4.79 Å². The number of nitrogens with one attached hydrogen (secondary N) is 2. The predicted octanol–water partition coefficient (Wildman–Crippen LogP) is 0.719. The number of aliphatic carboxylic acids is 1. The lowest BCUT2D eigenvalue weighted by atomic mass is 10.0. The SMILES string of the molecule is COC1(CNC(=O)NCCC(=O)O)CCCC1. The minimum Gasteiger partial charge on any atom is -0.481 e. The molecule has 0 unspecified atom stereocenters. The third-order valence-electron chi connectivity index (χ3n) is 3.14. The van der Waals surface area contributed by atoms with E-state index in [2.05, 4.69) is 10.6 Å². The second-order valence-electron chi connectivity index (χ2n) is 4.35. The molecule has 0 atom stereocenters. The Morgan fingerprint density at radius 1 is 1.29 bits per heavy atom. The number of urea groups is 1. The monoisotopic (exact) mass is 244 g/mol. The van der Waals surface area contributed by atoms with Crippen LogP contribution in [0.25, 0.3) is 0 Å². The minimum atomic E-state index is -0.922. The molecular weight excluding hydrogens is 224 g/mol. The van der Waals surface area contributed by atoms with E-state index in [1.807, 2.05) is 0 Å². The smallest absolute Gasteiger partial charge is 0.314 e. The first kappa shape index (κ1) is 13.8. The maximum absolute atomic E-state index is 11.4. The molecule has 1 aliphatic carbocycles. The summed E-state index contributed by atoms with van der Waals surface area (Å²) in [5, 5.41) is 13.6. The van der Waals surface area contributed by atoms with E-state index in [0.29, 0.717) is 6.54 Å². The maximum atomic E-state index is 11.4. The molecule has 3 N–H and O–H groups in total. The van der Waals surface area contributed by atoms with Crippen molar-refractivity contribution < 1.29 is 19.4 Å². The molecule has 0 spiro atoms. The van der Waals surface area contributed by atoms with Crippen molar-refractivity contribution in [1.82, 2.24) is 10.6 Å². The fourth-order valence-electron chi connectivity index (χ4n) is 2.06. The number of carbonyl (C=O) groups is 2. The third-order valence-corrected chi connectivity index (χ3v) is 3.14. The van der Waals surface area contributed by atoms with Gasteiger partial charge in [-0.1, -0.05) is 12.8 Å². The molecule has 1 aliphatic rings. The van der Waals surface area contributed by atoms with Crippen molar-refractivity contribution >= 4 is 12.0 Å². The standard InChI is InChI=1S/C11H20N2O4/c1-17-11(5-2-3-6-11)8-13-10(16)12-7-4-9(14)15/h2-8H2,1H3,(H,14,15)(H2,12,13,16). The third kappa shape index (κ3) is 4.60. The largest absolute Gasteiger partial charge is 0.481 e. The summed E-state index contributed by atoms with van der Waals surface area (Å²) in [7, 11) is 1.66. The van der Waals surface area contributed by atoms with Gasteiger partial charge < -0.3 is 20.5 Å². The summed E-state index contributed by atoms with van der Waals surface area (Å²) in [6, 6.07) is -0.338. The van der Waals surface area contributed by atoms with Crippen LogP contribution in [0.3, 0.4) is 0 Å². The van der Waals surface area contributed by atoms with Crippen LogP contribution in [0.15, 0.2) is 0 Å². The number of methoxy groups -OCH3 is 1. The highest BCUT2D eigenvalue weighted by Gasteiger charge is 2.33. The van der Waals surface area contributed by atoms with E-state index in [-0.39, 0.29) is 24.6 Å². The van der Waals surface area contributed by atoms with E-state index in [1.165, 1.54) is 0 Å². The van der Waals surface area contributed by atoms with Gasteiger partial charge in [0, 0.05) is 20.2 Å². The zero-order valence-electron chi connectivity index (χ0n) is 10.1. The summed E-state index contributed by atoms with van der Waals surface area (Å²) in [5.74, 6) is -0.922. The number of hydrogen-bond donors (Lipinski definition) is 3. The number of carbonyl (C=O) groups excluding carboxylic acids is 1. The molecule has 17 heavy (non-hydrogen) atoms. The lowest BCUT2D eigenvalue weighted by molar-refractivity contribution is -0.136. The van der Waals surface area contributed by atoms with E-state index >= 15 is 0 Å². The lowest BCUT2D eigenvalue weighted by Gasteiger charge is -2.27. The predicted molar refractivity (Wildman–Crippen MR) is 61.9 cm³/mol. The Morgan fingerprint density at radius 3 is 2.47 bits per heavy atom. The Kier molecular flexibility index (Phi) is 5.21. The van der Waals surface area contributed by atoms with Gasteiger partial charge in [-0.15, -0.1) is 0 Å². The van der Waals surface area contributed by atoms with Gasteiger partial charge in [-0.2, -0.15) is 0 Å². The van der Waals surface area contributed by atoms with Gasteiger partial charge in [0.2, 0.25) is 0 Å². The summed E-state index contributed by atoms with van der Waals surface area (Å²) >= 11 is 0. The van der Waals surface area contributed by atoms with Crippen LogP contribution in [0.4, 0.5) is 4.79 Å². The van der Waals surface area contributed by atoms with Crippen LogP contribution in [0.5, 0.6) is 0 Å². The number of rotatable bonds is 6. The average Bonchev–Trinajstić information content (AvgIpc) is 2.75. The first-order chi connectivity index (χ1) is 8.08. The quantitative estimate of drug-likeness (QED) is 0.642. The molecule has 1 saturated carbocycles. The molecule has 0 aliphatic heterocycles. The Hall–Kier alpha value is -1.30. The van der Waals surface area contributed by atoms with Crippen LogP contribution in [0.2, 0.25) is 0 Å². The van der Waals surface area contributed by atoms with Crippen molar-refractivity contribution in [2.75, 3.05) is 20.2 Å². The molecule has 0 saturated heterocycles. The second kappa shape index (κ2) is 6.44. The van der Waals surface area contributed by atoms with E-state index in [1.54, 1.807) is 7.11 Å². The Balaban J connectivity index is 2.20. The van der Waals surface area contributed by atoms with Crippen LogP contribution >= 0.6 is 0 Å². The van der Waals surface area contributed by atoms with Gasteiger partial charge in [0.15, 0.2) is 0 Å². The second-order valence-corrected chi connectivity index (χ2v) is 4.35. The van der Waals surface area contributed by atoms with Crippen molar-refractivity contribution in [3.05, 3.63) is 0 Å². The number of carboxylic acids is 1. The molecule has 0 heterocycles. The summed E-state index contributed by atoms with van der Waals surface area (Å²) in [5.41, 5.74) is -0.232. The lowest BCUT2D eigenvalue weighted by Crippen LogP contribution is -2.46. The summed E-state index contributed by atoms with van der Waals surface area (Å²) in [4.78, 5) is 21.6. The van der Waals surface area contributed by atoms with Gasteiger partial charge in [0.25, 0.3) is 0 Å². The zero-order valence-corrected chi connectivity index (χ0v) is 10.1. The first-order valence-corrected chi connectivity index (χ1v) is 5.87. The topological polar surface area (TPSA) is 87.7 Å². The number of carboxylic acid groups (broad SMARTS) is 1. The summed E-state index contributed by atoms with van der Waals surface area (Å²) < 4.78 is 5.46. The highest BCUT2D eigenvalue weighted by Crippen LogP contribution is 2.31. The molecule has 0 bridgehead atoms. The molecule has 0 aromatic heterocycles. The molecule has 1 rings (SSSR count). The molecule has 0 radical (unpaired) electrons. The van der Waals surface area contributed by atoms with Gasteiger partial charge in [-0.05, 0) is 12.8 Å². The van der Waals surface area contributed by atoms with E-state index < -0.39 is 5.97 Å². The molecule has 6 nitrogen and oxygen atoms in total. The van der Waals surface area contributed by atoms with Crippen molar-refractivity contribution in [2.24, 2.45) is 0 Å². The van der Waals surface area contributed by atoms with Gasteiger partial charge in [0.1, 0.15) is 0 Å². The maximum Gasteiger partial charge on any atom is 0.314 e. The van der Waals surface area contributed by atoms with Crippen LogP contribution in [-0.4, -0.2) is 42.9 Å². The molecule has 0 aromatic rings. The number of amides is 2. The molecule has 98 valence electrons. The fourth-order valence-corrected chi connectivity index (χ4v) is 2.06. The highest BCUT2D eigenvalue weighted by molar-refractivity contribution is 5.75. The number of ether oxygens (including phenoxy) is 1. The van der Waals surface area contributed by atoms with Crippen molar-refractivity contribution in [3.8, 4) is 0 Å². The van der Waals surface area contributed by atoms with Gasteiger partial charge >= 0.3 is 12.0 Å². The van der Waals surface area contributed by atoms with E-state index in [4.69, 9.17) is 9.84 Å². The zero-order chi connectivity index (χ0) is 12.7. The fraction of sp³-hybridized carbons (Fsp3) is 0.818. The van der Waals surface area contributed by atoms with Gasteiger partial charge in [-0.3, -0.25) is 4.79 Å². The minimum absolute atomic E-state index is 0.0666. The van der Waals surface area contributed by atoms with Gasteiger partial charge in [0.05, 0.1) is 12.0 Å². The van der Waals surface area contributed by atoms with Crippen LogP contribution < -0.4 is 10.6 Å². The van der Waals surface area contributed by atoms with E-state index in [0.717, 1.165) is 25.7 Å². The van der Waals surface area contributed by atoms with Crippen LogP contribution in [0, 0.1) is 0 Å². The normalized spacial score (nSPS) is 17.7. The molecule has 6 heteroatoms. The molecule has 2 amide bonds. The van der Waals surface area contributed by atoms with Crippen molar-refractivity contribution in [1.29, 1.82) is 0 Å².